The van der Waals surface area contributed by atoms with Crippen LogP contribution in [0.5, 0.6) is 0 Å². The lowest BCUT2D eigenvalue weighted by Gasteiger charge is -2.31. The zero-order chi connectivity index (χ0) is 12.4. The van der Waals surface area contributed by atoms with Gasteiger partial charge < -0.3 is 10.6 Å². The van der Waals surface area contributed by atoms with Gasteiger partial charge in [-0.1, -0.05) is 12.8 Å². The first-order valence-corrected chi connectivity index (χ1v) is 5.33. The van der Waals surface area contributed by atoms with E-state index in [0.29, 0.717) is 12.8 Å². The van der Waals surface area contributed by atoms with Crippen molar-refractivity contribution in [3.63, 3.8) is 0 Å². The summed E-state index contributed by atoms with van der Waals surface area (Å²) in [7, 11) is 1.19. The lowest BCUT2D eigenvalue weighted by atomic mass is 9.85. The van der Waals surface area contributed by atoms with Gasteiger partial charge >= 0.3 is 6.18 Å². The van der Waals surface area contributed by atoms with E-state index in [1.165, 1.54) is 7.05 Å². The van der Waals surface area contributed by atoms with Crippen LogP contribution in [0.15, 0.2) is 0 Å². The molecule has 6 heteroatoms. The molecule has 0 radical (unpaired) electrons. The molecule has 0 aromatic heterocycles. The van der Waals surface area contributed by atoms with Crippen molar-refractivity contribution < 1.29 is 18.0 Å². The van der Waals surface area contributed by atoms with Crippen LogP contribution in [0.3, 0.4) is 0 Å². The molecule has 1 amide bonds. The second kappa shape index (κ2) is 4.61. The van der Waals surface area contributed by atoms with E-state index < -0.39 is 24.0 Å². The predicted octanol–water partition coefficient (Wildman–Crippen LogP) is 1.53. The number of amides is 1. The lowest BCUT2D eigenvalue weighted by molar-refractivity contribution is -0.164. The molecule has 0 aliphatic heterocycles. The molecule has 0 aromatic carbocycles. The summed E-state index contributed by atoms with van der Waals surface area (Å²) in [5, 5.41) is 0. The molecule has 16 heavy (non-hydrogen) atoms. The second-order valence-electron chi connectivity index (χ2n) is 4.47. The molecule has 1 aliphatic carbocycles. The molecule has 3 nitrogen and oxygen atoms in total. The van der Waals surface area contributed by atoms with Crippen LogP contribution >= 0.6 is 0 Å². The van der Waals surface area contributed by atoms with Crippen molar-refractivity contribution in [2.24, 2.45) is 11.1 Å². The largest absolute Gasteiger partial charge is 0.406 e. The Labute approximate surface area is 92.8 Å². The number of hydrogen-bond donors (Lipinski definition) is 1. The number of carbonyl (C=O) groups is 1. The maximum atomic E-state index is 12.2. The molecule has 94 valence electrons. The van der Waals surface area contributed by atoms with Crippen LogP contribution in [-0.2, 0) is 4.79 Å². The lowest BCUT2D eigenvalue weighted by Crippen LogP contribution is -2.47. The monoisotopic (exact) mass is 238 g/mol. The number of nitrogens with two attached hydrogens (primary N) is 1. The van der Waals surface area contributed by atoms with E-state index in [2.05, 4.69) is 0 Å². The molecule has 1 rings (SSSR count). The highest BCUT2D eigenvalue weighted by Crippen LogP contribution is 2.38. The standard InChI is InChI=1S/C10H17F3N2O/c1-15(7-10(11,12)13)8(16)9(6-14)4-2-3-5-9/h2-7,14H2,1H3. The number of alkyl halides is 3. The molecule has 0 heterocycles. The third-order valence-corrected chi connectivity index (χ3v) is 3.17. The molecule has 0 unspecified atom stereocenters. The third-order valence-electron chi connectivity index (χ3n) is 3.17. The van der Waals surface area contributed by atoms with Gasteiger partial charge in [0.15, 0.2) is 0 Å². The van der Waals surface area contributed by atoms with Gasteiger partial charge in [0.2, 0.25) is 5.91 Å². The molecule has 2 N–H and O–H groups in total. The Kier molecular flexibility index (Phi) is 3.83. The molecule has 0 bridgehead atoms. The average Bonchev–Trinajstić information content (AvgIpc) is 2.63. The molecule has 0 spiro atoms. The quantitative estimate of drug-likeness (QED) is 0.810. The van der Waals surface area contributed by atoms with Crippen LogP contribution in [0.2, 0.25) is 0 Å². The summed E-state index contributed by atoms with van der Waals surface area (Å²) in [5.41, 5.74) is 4.79. The molecule has 0 aromatic rings. The zero-order valence-corrected chi connectivity index (χ0v) is 9.31. The Balaban J connectivity index is 2.68. The van der Waals surface area contributed by atoms with Crippen LogP contribution in [0, 0.1) is 5.41 Å². The van der Waals surface area contributed by atoms with Crippen LogP contribution in [0.1, 0.15) is 25.7 Å². The first-order chi connectivity index (χ1) is 7.31. The average molecular weight is 238 g/mol. The molecular weight excluding hydrogens is 221 g/mol. The summed E-state index contributed by atoms with van der Waals surface area (Å²) in [4.78, 5) is 12.7. The van der Waals surface area contributed by atoms with E-state index in [4.69, 9.17) is 5.73 Å². The summed E-state index contributed by atoms with van der Waals surface area (Å²) in [6.07, 6.45) is -1.42. The fraction of sp³-hybridized carbons (Fsp3) is 0.900. The van der Waals surface area contributed by atoms with Gasteiger partial charge in [0, 0.05) is 13.6 Å². The van der Waals surface area contributed by atoms with E-state index in [1.54, 1.807) is 0 Å². The van der Waals surface area contributed by atoms with Crippen LogP contribution < -0.4 is 5.73 Å². The fourth-order valence-electron chi connectivity index (χ4n) is 2.30. The van der Waals surface area contributed by atoms with Gasteiger partial charge in [0.25, 0.3) is 0 Å². The highest BCUT2D eigenvalue weighted by Gasteiger charge is 2.43. The number of nitrogens with zero attached hydrogens (tertiary/aromatic N) is 1. The molecule has 1 aliphatic rings. The van der Waals surface area contributed by atoms with Gasteiger partial charge in [-0.25, -0.2) is 0 Å². The van der Waals surface area contributed by atoms with Crippen LogP contribution in [0.4, 0.5) is 13.2 Å². The Morgan fingerprint density at radius 1 is 1.38 bits per heavy atom. The smallest absolute Gasteiger partial charge is 0.336 e. The minimum atomic E-state index is -4.35. The van der Waals surface area contributed by atoms with Crippen LogP contribution in [-0.4, -0.2) is 37.1 Å². The van der Waals surface area contributed by atoms with E-state index in [9.17, 15) is 18.0 Å². The SMILES string of the molecule is CN(CC(F)(F)F)C(=O)C1(CN)CCCC1. The van der Waals surface area contributed by atoms with Gasteiger partial charge in [-0.15, -0.1) is 0 Å². The normalized spacial score (nSPS) is 19.8. The number of carbonyl (C=O) groups excluding carboxylic acids is 1. The van der Waals surface area contributed by atoms with Gasteiger partial charge in [-0.2, -0.15) is 13.2 Å². The molecular formula is C10H17F3N2O. The topological polar surface area (TPSA) is 46.3 Å². The van der Waals surface area contributed by atoms with E-state index in [0.717, 1.165) is 17.7 Å². The minimum absolute atomic E-state index is 0.133. The van der Waals surface area contributed by atoms with Crippen LogP contribution in [0.25, 0.3) is 0 Å². The molecule has 1 saturated carbocycles. The highest BCUT2D eigenvalue weighted by molar-refractivity contribution is 5.83. The minimum Gasteiger partial charge on any atom is -0.336 e. The Morgan fingerprint density at radius 2 is 1.88 bits per heavy atom. The summed E-state index contributed by atoms with van der Waals surface area (Å²) < 4.78 is 36.5. The number of halogens is 3. The first-order valence-electron chi connectivity index (χ1n) is 5.33. The maximum Gasteiger partial charge on any atom is 0.406 e. The first kappa shape index (κ1) is 13.3. The summed E-state index contributed by atoms with van der Waals surface area (Å²) >= 11 is 0. The van der Waals surface area contributed by atoms with Crippen molar-refractivity contribution >= 4 is 5.91 Å². The van der Waals surface area contributed by atoms with Gasteiger partial charge in [0.05, 0.1) is 5.41 Å². The summed E-state index contributed by atoms with van der Waals surface area (Å²) in [6, 6.07) is 0. The summed E-state index contributed by atoms with van der Waals surface area (Å²) in [6.45, 7) is -1.07. The zero-order valence-electron chi connectivity index (χ0n) is 9.31. The van der Waals surface area contributed by atoms with Crippen molar-refractivity contribution in [1.82, 2.24) is 4.90 Å². The van der Waals surface area contributed by atoms with Crippen molar-refractivity contribution in [1.29, 1.82) is 0 Å². The highest BCUT2D eigenvalue weighted by atomic mass is 19.4. The van der Waals surface area contributed by atoms with E-state index in [1.807, 2.05) is 0 Å². The van der Waals surface area contributed by atoms with Gasteiger partial charge in [-0.05, 0) is 12.8 Å². The Morgan fingerprint density at radius 3 is 2.25 bits per heavy atom. The van der Waals surface area contributed by atoms with E-state index in [-0.39, 0.29) is 6.54 Å². The second-order valence-corrected chi connectivity index (χ2v) is 4.47. The molecule has 0 atom stereocenters. The van der Waals surface area contributed by atoms with Gasteiger partial charge in [-0.3, -0.25) is 4.79 Å². The molecule has 1 fully saturated rings. The predicted molar refractivity (Wildman–Crippen MR) is 53.6 cm³/mol. The van der Waals surface area contributed by atoms with Crippen molar-refractivity contribution in [2.75, 3.05) is 20.1 Å². The van der Waals surface area contributed by atoms with Crippen molar-refractivity contribution in [3.05, 3.63) is 0 Å². The summed E-state index contributed by atoms with van der Waals surface area (Å²) in [5.74, 6) is -0.468. The van der Waals surface area contributed by atoms with E-state index >= 15 is 0 Å². The fourth-order valence-corrected chi connectivity index (χ4v) is 2.30. The number of hydrogen-bond acceptors (Lipinski definition) is 2. The van der Waals surface area contributed by atoms with Gasteiger partial charge in [0.1, 0.15) is 6.54 Å². The number of rotatable bonds is 3. The van der Waals surface area contributed by atoms with Crippen molar-refractivity contribution in [2.45, 2.75) is 31.9 Å². The van der Waals surface area contributed by atoms with Crippen molar-refractivity contribution in [3.8, 4) is 0 Å². The Bertz CT molecular complexity index is 259. The third kappa shape index (κ3) is 2.87. The maximum absolute atomic E-state index is 12.2. The molecule has 0 saturated heterocycles. The Hall–Kier alpha value is -0.780.